The van der Waals surface area contributed by atoms with Gasteiger partial charge in [0.2, 0.25) is 0 Å². The number of aryl methyl sites for hydroxylation is 1. The Hall–Kier alpha value is -3.88. The minimum Gasteiger partial charge on any atom is -0.435 e. The Morgan fingerprint density at radius 3 is 1.78 bits per heavy atom. The Kier molecular flexibility index (Phi) is 8.11. The Balaban J connectivity index is 1.59. The van der Waals surface area contributed by atoms with E-state index in [0.29, 0.717) is 17.5 Å². The van der Waals surface area contributed by atoms with Crippen LogP contribution in [-0.4, -0.2) is 16.6 Å². The fraction of sp³-hybridized carbons (Fsp3) is 0.214. The van der Waals surface area contributed by atoms with Crippen molar-refractivity contribution in [1.82, 2.24) is 9.97 Å². The van der Waals surface area contributed by atoms with Crippen molar-refractivity contribution >= 4 is 0 Å². The van der Waals surface area contributed by atoms with Crippen LogP contribution in [0.1, 0.15) is 31.7 Å². The van der Waals surface area contributed by atoms with Crippen LogP contribution in [0.4, 0.5) is 26.3 Å². The standard InChI is InChI=1S/C28H22F6N2O/c1-2-3-4-5-16-10-21(29)25(22(30)11-16)18-12-23(31)26(24(32)13-18)19-14-35-27(36-15-19)17-6-8-20(9-7-17)37-28(33)34/h6-15,28H,2-5H2,1H3. The fourth-order valence-corrected chi connectivity index (χ4v) is 4.01. The van der Waals surface area contributed by atoms with Crippen molar-refractivity contribution in [1.29, 1.82) is 0 Å². The van der Waals surface area contributed by atoms with E-state index in [1.165, 1.54) is 48.8 Å². The molecule has 0 spiro atoms. The van der Waals surface area contributed by atoms with Gasteiger partial charge in [-0.3, -0.25) is 0 Å². The Morgan fingerprint density at radius 2 is 1.24 bits per heavy atom. The van der Waals surface area contributed by atoms with Crippen molar-refractivity contribution in [3.63, 3.8) is 0 Å². The van der Waals surface area contributed by atoms with Gasteiger partial charge in [-0.05, 0) is 72.5 Å². The minimum absolute atomic E-state index is 0.00942. The van der Waals surface area contributed by atoms with Crippen LogP contribution in [0.3, 0.4) is 0 Å². The first kappa shape index (κ1) is 26.2. The summed E-state index contributed by atoms with van der Waals surface area (Å²) in [6.07, 6.45) is 5.57. The largest absolute Gasteiger partial charge is 0.435 e. The van der Waals surface area contributed by atoms with E-state index < -0.39 is 41.0 Å². The van der Waals surface area contributed by atoms with Crippen molar-refractivity contribution in [2.75, 3.05) is 0 Å². The summed E-state index contributed by atoms with van der Waals surface area (Å²) in [4.78, 5) is 8.19. The maximum Gasteiger partial charge on any atom is 0.387 e. The van der Waals surface area contributed by atoms with Crippen LogP contribution < -0.4 is 4.74 Å². The second kappa shape index (κ2) is 11.5. The summed E-state index contributed by atoms with van der Waals surface area (Å²) in [6, 6.07) is 9.66. The van der Waals surface area contributed by atoms with Gasteiger partial charge < -0.3 is 4.74 Å². The number of nitrogens with zero attached hydrogens (tertiary/aromatic N) is 2. The van der Waals surface area contributed by atoms with Gasteiger partial charge in [-0.15, -0.1) is 0 Å². The third-order valence-electron chi connectivity index (χ3n) is 5.78. The van der Waals surface area contributed by atoms with E-state index in [1.54, 1.807) is 0 Å². The molecule has 0 amide bonds. The van der Waals surface area contributed by atoms with Crippen molar-refractivity contribution in [2.45, 2.75) is 39.2 Å². The number of ether oxygens (including phenoxy) is 1. The Labute approximate surface area is 209 Å². The highest BCUT2D eigenvalue weighted by molar-refractivity contribution is 5.72. The lowest BCUT2D eigenvalue weighted by Crippen LogP contribution is -2.01. The molecule has 4 aromatic rings. The fourth-order valence-electron chi connectivity index (χ4n) is 4.01. The summed E-state index contributed by atoms with van der Waals surface area (Å²) >= 11 is 0. The summed E-state index contributed by atoms with van der Waals surface area (Å²) in [5.41, 5.74) is -0.262. The molecule has 0 saturated heterocycles. The first-order valence-corrected chi connectivity index (χ1v) is 11.6. The first-order chi connectivity index (χ1) is 17.8. The van der Waals surface area contributed by atoms with Gasteiger partial charge in [-0.2, -0.15) is 8.78 Å². The van der Waals surface area contributed by atoms with Gasteiger partial charge in [-0.1, -0.05) is 19.8 Å². The normalized spacial score (nSPS) is 11.2. The number of halogens is 6. The number of hydrogen-bond acceptors (Lipinski definition) is 3. The monoisotopic (exact) mass is 516 g/mol. The molecule has 0 aliphatic rings. The number of benzene rings is 3. The highest BCUT2D eigenvalue weighted by Gasteiger charge is 2.20. The molecule has 37 heavy (non-hydrogen) atoms. The topological polar surface area (TPSA) is 35.0 Å². The number of unbranched alkanes of at least 4 members (excludes halogenated alkanes) is 2. The van der Waals surface area contributed by atoms with E-state index in [2.05, 4.69) is 14.7 Å². The molecule has 0 saturated carbocycles. The lowest BCUT2D eigenvalue weighted by Gasteiger charge is -2.12. The van der Waals surface area contributed by atoms with Gasteiger partial charge in [0.05, 0.1) is 11.1 Å². The third kappa shape index (κ3) is 6.10. The molecule has 1 aromatic heterocycles. The lowest BCUT2D eigenvalue weighted by atomic mass is 9.97. The van der Waals surface area contributed by atoms with E-state index in [0.717, 1.165) is 31.4 Å². The quantitative estimate of drug-likeness (QED) is 0.166. The van der Waals surface area contributed by atoms with Gasteiger partial charge in [0.25, 0.3) is 0 Å². The van der Waals surface area contributed by atoms with Crippen LogP contribution in [0.15, 0.2) is 60.9 Å². The Morgan fingerprint density at radius 1 is 0.703 bits per heavy atom. The first-order valence-electron chi connectivity index (χ1n) is 11.6. The molecule has 0 atom stereocenters. The lowest BCUT2D eigenvalue weighted by molar-refractivity contribution is -0.0498. The van der Waals surface area contributed by atoms with E-state index in [9.17, 15) is 26.3 Å². The van der Waals surface area contributed by atoms with Crippen molar-refractivity contribution in [2.24, 2.45) is 0 Å². The Bertz CT molecular complexity index is 1330. The zero-order valence-corrected chi connectivity index (χ0v) is 19.7. The number of alkyl halides is 2. The maximum atomic E-state index is 15.0. The van der Waals surface area contributed by atoms with Crippen LogP contribution in [0.25, 0.3) is 33.6 Å². The van der Waals surface area contributed by atoms with Gasteiger partial charge in [-0.25, -0.2) is 27.5 Å². The van der Waals surface area contributed by atoms with Crippen LogP contribution in [0.2, 0.25) is 0 Å². The molecule has 192 valence electrons. The molecule has 0 unspecified atom stereocenters. The molecule has 9 heteroatoms. The third-order valence-corrected chi connectivity index (χ3v) is 5.78. The zero-order valence-electron chi connectivity index (χ0n) is 19.7. The molecule has 4 rings (SSSR count). The van der Waals surface area contributed by atoms with Crippen molar-refractivity contribution in [3.05, 3.63) is 89.8 Å². The summed E-state index contributed by atoms with van der Waals surface area (Å²) in [6.45, 7) is -0.937. The summed E-state index contributed by atoms with van der Waals surface area (Å²) in [5.74, 6) is -3.71. The molecule has 0 N–H and O–H groups in total. The van der Waals surface area contributed by atoms with Gasteiger partial charge in [0.1, 0.15) is 29.0 Å². The van der Waals surface area contributed by atoms with Gasteiger partial charge in [0, 0.05) is 23.5 Å². The van der Waals surface area contributed by atoms with Crippen LogP contribution in [-0.2, 0) is 6.42 Å². The predicted octanol–water partition coefficient (Wildman–Crippen LogP) is 8.37. The van der Waals surface area contributed by atoms with Crippen LogP contribution >= 0.6 is 0 Å². The van der Waals surface area contributed by atoms with Gasteiger partial charge >= 0.3 is 6.61 Å². The smallest absolute Gasteiger partial charge is 0.387 e. The molecule has 0 fully saturated rings. The second-order valence-electron chi connectivity index (χ2n) is 8.40. The molecular formula is C28H22F6N2O. The second-order valence-corrected chi connectivity index (χ2v) is 8.40. The maximum absolute atomic E-state index is 15.0. The number of rotatable bonds is 9. The van der Waals surface area contributed by atoms with Crippen molar-refractivity contribution < 1.29 is 31.1 Å². The van der Waals surface area contributed by atoms with Crippen LogP contribution in [0.5, 0.6) is 5.75 Å². The summed E-state index contributed by atoms with van der Waals surface area (Å²) < 4.78 is 88.3. The van der Waals surface area contributed by atoms with Crippen molar-refractivity contribution in [3.8, 4) is 39.4 Å². The average molecular weight is 516 g/mol. The molecule has 3 aromatic carbocycles. The molecule has 0 bridgehead atoms. The highest BCUT2D eigenvalue weighted by atomic mass is 19.3. The highest BCUT2D eigenvalue weighted by Crippen LogP contribution is 2.34. The number of hydrogen-bond donors (Lipinski definition) is 0. The van der Waals surface area contributed by atoms with Gasteiger partial charge in [0.15, 0.2) is 5.82 Å². The van der Waals surface area contributed by atoms with Crippen LogP contribution in [0, 0.1) is 23.3 Å². The molecule has 0 aliphatic carbocycles. The summed E-state index contributed by atoms with van der Waals surface area (Å²) in [5, 5.41) is 0. The predicted molar refractivity (Wildman–Crippen MR) is 128 cm³/mol. The molecular weight excluding hydrogens is 494 g/mol. The SMILES string of the molecule is CCCCCc1cc(F)c(-c2cc(F)c(-c3cnc(-c4ccc(OC(F)F)cc4)nc3)c(F)c2)c(F)c1. The zero-order chi connectivity index (χ0) is 26.5. The molecule has 3 nitrogen and oxygen atoms in total. The average Bonchev–Trinajstić information content (AvgIpc) is 2.84. The molecule has 0 radical (unpaired) electrons. The summed E-state index contributed by atoms with van der Waals surface area (Å²) in [7, 11) is 0. The van der Waals surface area contributed by atoms with E-state index >= 15 is 0 Å². The van der Waals surface area contributed by atoms with E-state index in [-0.39, 0.29) is 22.7 Å². The number of aromatic nitrogens is 2. The van der Waals surface area contributed by atoms with E-state index in [4.69, 9.17) is 0 Å². The minimum atomic E-state index is -2.96. The molecule has 0 aliphatic heterocycles. The molecule has 1 heterocycles. The van der Waals surface area contributed by atoms with E-state index in [1.807, 2.05) is 6.92 Å².